The molecule has 3 aromatic rings. The topological polar surface area (TPSA) is 107 Å². The van der Waals surface area contributed by atoms with Crippen molar-refractivity contribution < 1.29 is 13.5 Å². The molecular formula is C24H27N5O3S. The highest BCUT2D eigenvalue weighted by atomic mass is 32.2. The molecule has 0 saturated carbocycles. The van der Waals surface area contributed by atoms with E-state index in [0.717, 1.165) is 30.8 Å². The molecule has 0 radical (unpaired) electrons. The number of likely N-dealkylation sites (tertiary alicyclic amines) is 1. The third kappa shape index (κ3) is 6.61. The van der Waals surface area contributed by atoms with Crippen molar-refractivity contribution in [1.82, 2.24) is 19.6 Å². The summed E-state index contributed by atoms with van der Waals surface area (Å²) in [5.74, 6) is 0.619. The van der Waals surface area contributed by atoms with E-state index in [2.05, 4.69) is 24.9 Å². The molecular weight excluding hydrogens is 438 g/mol. The lowest BCUT2D eigenvalue weighted by molar-refractivity contribution is 0.344. The zero-order valence-electron chi connectivity index (χ0n) is 18.2. The number of rotatable bonds is 9. The molecule has 0 aliphatic carbocycles. The van der Waals surface area contributed by atoms with Gasteiger partial charge in [0.05, 0.1) is 4.90 Å². The number of phenolic OH excluding ortho intramolecular Hbond substituents is 1. The molecule has 0 atom stereocenters. The van der Waals surface area contributed by atoms with E-state index in [1.54, 1.807) is 54.9 Å². The van der Waals surface area contributed by atoms with Gasteiger partial charge in [0.15, 0.2) is 0 Å². The minimum atomic E-state index is -3.54. The number of aromatic nitrogens is 2. The minimum Gasteiger partial charge on any atom is -0.508 e. The second-order valence-corrected chi connectivity index (χ2v) is 9.63. The predicted octanol–water partition coefficient (Wildman–Crippen LogP) is 3.47. The van der Waals surface area contributed by atoms with E-state index >= 15 is 0 Å². The lowest BCUT2D eigenvalue weighted by Gasteiger charge is -2.15. The number of anilines is 2. The maximum absolute atomic E-state index is 12.5. The van der Waals surface area contributed by atoms with Crippen LogP contribution in [0.15, 0.2) is 65.8 Å². The van der Waals surface area contributed by atoms with E-state index in [0.29, 0.717) is 18.2 Å². The Balaban J connectivity index is 1.31. The molecule has 9 heteroatoms. The molecule has 33 heavy (non-hydrogen) atoms. The van der Waals surface area contributed by atoms with E-state index < -0.39 is 10.0 Å². The summed E-state index contributed by atoms with van der Waals surface area (Å²) in [5, 5.41) is 12.6. The first-order chi connectivity index (χ1) is 16.0. The van der Waals surface area contributed by atoms with Crippen LogP contribution in [0.2, 0.25) is 0 Å². The summed E-state index contributed by atoms with van der Waals surface area (Å²) in [5.41, 5.74) is 2.37. The molecule has 8 nitrogen and oxygen atoms in total. The van der Waals surface area contributed by atoms with Gasteiger partial charge in [-0.25, -0.2) is 23.1 Å². The van der Waals surface area contributed by atoms with Crippen LogP contribution in [0, 0.1) is 0 Å². The monoisotopic (exact) mass is 465 g/mol. The minimum absolute atomic E-state index is 0.213. The second kappa shape index (κ2) is 10.6. The highest BCUT2D eigenvalue weighted by Crippen LogP contribution is 2.18. The Morgan fingerprint density at radius 3 is 2.36 bits per heavy atom. The highest BCUT2D eigenvalue weighted by molar-refractivity contribution is 7.89. The average Bonchev–Trinajstić information content (AvgIpc) is 3.33. The summed E-state index contributed by atoms with van der Waals surface area (Å²) in [6.45, 7) is 3.22. The highest BCUT2D eigenvalue weighted by Gasteiger charge is 2.16. The first-order valence-electron chi connectivity index (χ1n) is 10.9. The largest absolute Gasteiger partial charge is 0.508 e. The summed E-state index contributed by atoms with van der Waals surface area (Å²) in [7, 11) is -3.54. The van der Waals surface area contributed by atoms with Crippen molar-refractivity contribution in [2.45, 2.75) is 17.7 Å². The smallest absolute Gasteiger partial charge is 0.240 e. The Hall–Kier alpha value is -3.27. The van der Waals surface area contributed by atoms with Gasteiger partial charge in [0, 0.05) is 36.7 Å². The number of hydrogen-bond acceptors (Lipinski definition) is 7. The van der Waals surface area contributed by atoms with Crippen LogP contribution < -0.4 is 10.0 Å². The Morgan fingerprint density at radius 2 is 1.67 bits per heavy atom. The van der Waals surface area contributed by atoms with Crippen LogP contribution in [0.4, 0.5) is 11.6 Å². The molecule has 172 valence electrons. The van der Waals surface area contributed by atoms with Crippen LogP contribution >= 0.6 is 0 Å². The fourth-order valence-electron chi connectivity index (χ4n) is 3.58. The van der Waals surface area contributed by atoms with Crippen LogP contribution in [0.1, 0.15) is 24.0 Å². The van der Waals surface area contributed by atoms with Gasteiger partial charge in [-0.1, -0.05) is 24.3 Å². The zero-order valence-corrected chi connectivity index (χ0v) is 19.0. The molecule has 1 fully saturated rings. The summed E-state index contributed by atoms with van der Waals surface area (Å²) >= 11 is 0. The maximum atomic E-state index is 12.5. The molecule has 0 spiro atoms. The van der Waals surface area contributed by atoms with Crippen molar-refractivity contribution in [3.8, 4) is 5.75 Å². The number of benzene rings is 2. The number of hydrogen-bond donors (Lipinski definition) is 3. The van der Waals surface area contributed by atoms with E-state index in [4.69, 9.17) is 0 Å². The van der Waals surface area contributed by atoms with Crippen molar-refractivity contribution in [2.24, 2.45) is 0 Å². The summed E-state index contributed by atoms with van der Waals surface area (Å²) in [4.78, 5) is 11.1. The van der Waals surface area contributed by atoms with Gasteiger partial charge in [0.2, 0.25) is 16.0 Å². The second-order valence-electron chi connectivity index (χ2n) is 7.86. The van der Waals surface area contributed by atoms with Gasteiger partial charge >= 0.3 is 0 Å². The van der Waals surface area contributed by atoms with E-state index in [1.807, 2.05) is 18.2 Å². The summed E-state index contributed by atoms with van der Waals surface area (Å²) in [6, 6.07) is 13.5. The van der Waals surface area contributed by atoms with Crippen LogP contribution in [0.25, 0.3) is 12.2 Å². The number of nitrogens with zero attached hydrogens (tertiary/aromatic N) is 3. The Morgan fingerprint density at radius 1 is 0.970 bits per heavy atom. The van der Waals surface area contributed by atoms with Crippen molar-refractivity contribution in [2.75, 3.05) is 31.5 Å². The van der Waals surface area contributed by atoms with Crippen LogP contribution in [-0.2, 0) is 10.0 Å². The summed E-state index contributed by atoms with van der Waals surface area (Å²) < 4.78 is 27.7. The standard InChI is InChI=1S/C24H27N5O3S/c30-22-5-3-4-19(16-22)6-7-20-17-25-24(26-18-20)28-21-8-10-23(11-9-21)33(31,32)27-12-15-29-13-1-2-14-29/h3-11,16-18,27,30H,1-2,12-15H2,(H,25,26,28)/b7-6+. The van der Waals surface area contributed by atoms with Crippen molar-refractivity contribution >= 4 is 33.8 Å². The number of sulfonamides is 1. The van der Waals surface area contributed by atoms with Crippen molar-refractivity contribution in [3.63, 3.8) is 0 Å². The predicted molar refractivity (Wildman–Crippen MR) is 130 cm³/mol. The van der Waals surface area contributed by atoms with Gasteiger partial charge in [-0.15, -0.1) is 0 Å². The molecule has 3 N–H and O–H groups in total. The van der Waals surface area contributed by atoms with Gasteiger partial charge < -0.3 is 15.3 Å². The fraction of sp³-hybridized carbons (Fsp3) is 0.250. The maximum Gasteiger partial charge on any atom is 0.240 e. The lowest BCUT2D eigenvalue weighted by atomic mass is 10.2. The third-order valence-electron chi connectivity index (χ3n) is 5.35. The molecule has 1 aromatic heterocycles. The van der Waals surface area contributed by atoms with Crippen LogP contribution in [0.5, 0.6) is 5.75 Å². The molecule has 2 heterocycles. The molecule has 1 saturated heterocycles. The van der Waals surface area contributed by atoms with Gasteiger partial charge in [0.25, 0.3) is 0 Å². The van der Waals surface area contributed by atoms with E-state index in [-0.39, 0.29) is 10.6 Å². The normalized spacial score (nSPS) is 14.7. The van der Waals surface area contributed by atoms with Gasteiger partial charge in [-0.2, -0.15) is 0 Å². The molecule has 1 aliphatic rings. The Kier molecular flexibility index (Phi) is 7.33. The first-order valence-corrected chi connectivity index (χ1v) is 12.3. The molecule has 1 aliphatic heterocycles. The zero-order chi connectivity index (χ0) is 23.1. The van der Waals surface area contributed by atoms with Gasteiger partial charge in [-0.3, -0.25) is 0 Å². The lowest BCUT2D eigenvalue weighted by Crippen LogP contribution is -2.33. The van der Waals surface area contributed by atoms with E-state index in [9.17, 15) is 13.5 Å². The van der Waals surface area contributed by atoms with Crippen molar-refractivity contribution in [1.29, 1.82) is 0 Å². The van der Waals surface area contributed by atoms with E-state index in [1.165, 1.54) is 12.8 Å². The fourth-order valence-corrected chi connectivity index (χ4v) is 4.60. The van der Waals surface area contributed by atoms with Crippen molar-refractivity contribution in [3.05, 3.63) is 72.1 Å². The molecule has 0 unspecified atom stereocenters. The molecule has 2 aromatic carbocycles. The molecule has 0 amide bonds. The van der Waals surface area contributed by atoms with Gasteiger partial charge in [0.1, 0.15) is 5.75 Å². The number of phenols is 1. The Labute approximate surface area is 194 Å². The number of nitrogens with one attached hydrogen (secondary N) is 2. The first kappa shape index (κ1) is 22.9. The Bertz CT molecular complexity index is 1190. The molecule has 0 bridgehead atoms. The third-order valence-corrected chi connectivity index (χ3v) is 6.83. The van der Waals surface area contributed by atoms with Crippen LogP contribution in [-0.4, -0.2) is 54.6 Å². The SMILES string of the molecule is O=S(=O)(NCCN1CCCC1)c1ccc(Nc2ncc(/C=C/c3cccc(O)c3)cn2)cc1. The quantitative estimate of drug-likeness (QED) is 0.444. The molecule has 4 rings (SSSR count). The van der Waals surface area contributed by atoms with Gasteiger partial charge in [-0.05, 0) is 67.9 Å². The van der Waals surface area contributed by atoms with Crippen LogP contribution in [0.3, 0.4) is 0 Å². The summed E-state index contributed by atoms with van der Waals surface area (Å²) in [6.07, 6.45) is 9.45. The average molecular weight is 466 g/mol. The number of aromatic hydroxyl groups is 1.